The molecule has 0 spiro atoms. The van der Waals surface area contributed by atoms with Gasteiger partial charge < -0.3 is 11.5 Å². The Balaban J connectivity index is 3.44. The fourth-order valence-corrected chi connectivity index (χ4v) is 1.12. The van der Waals surface area contributed by atoms with Crippen molar-refractivity contribution in [2.24, 2.45) is 0 Å². The highest BCUT2D eigenvalue weighted by atomic mass is 35.5. The van der Waals surface area contributed by atoms with E-state index in [1.165, 1.54) is 0 Å². The minimum atomic E-state index is -2.92. The van der Waals surface area contributed by atoms with Gasteiger partial charge in [-0.2, -0.15) is 0 Å². The van der Waals surface area contributed by atoms with Gasteiger partial charge in [0.05, 0.1) is 5.56 Å². The van der Waals surface area contributed by atoms with Crippen LogP contribution in [0, 0.1) is 0 Å². The fourth-order valence-electron chi connectivity index (χ4n) is 0.975. The van der Waals surface area contributed by atoms with E-state index < -0.39 is 22.9 Å². The molecule has 0 aromatic carbocycles. The van der Waals surface area contributed by atoms with E-state index in [2.05, 4.69) is 4.98 Å². The molecule has 1 aromatic heterocycles. The number of hydrogen-bond acceptors (Lipinski definition) is 4. The smallest absolute Gasteiger partial charge is 0.271 e. The van der Waals surface area contributed by atoms with Gasteiger partial charge in [0.15, 0.2) is 0 Å². The van der Waals surface area contributed by atoms with Gasteiger partial charge in [-0.05, 0) is 11.6 Å². The summed E-state index contributed by atoms with van der Waals surface area (Å²) in [5, 5.41) is -1.11. The van der Waals surface area contributed by atoms with Crippen LogP contribution >= 0.6 is 11.6 Å². The van der Waals surface area contributed by atoms with Gasteiger partial charge in [0.2, 0.25) is 0 Å². The molecule has 0 aliphatic rings. The van der Waals surface area contributed by atoms with Crippen molar-refractivity contribution in [3.05, 3.63) is 17.3 Å². The number of halogens is 3. The molecule has 0 saturated heterocycles. The number of rotatable bonds is 2. The zero-order valence-electron chi connectivity index (χ0n) is 6.80. The molecule has 0 radical (unpaired) electrons. The lowest BCUT2D eigenvalue weighted by atomic mass is 10.1. The number of nitrogens with two attached hydrogens (primary N) is 2. The maximum absolute atomic E-state index is 12.4. The SMILES string of the molecule is Nc1cc(N)c(C(F)F)c(C(=O)Cl)n1. The molecule has 7 heteroatoms. The molecule has 0 unspecified atom stereocenters. The number of carbonyl (C=O) groups is 1. The molecule has 0 bridgehead atoms. The van der Waals surface area contributed by atoms with Crippen LogP contribution < -0.4 is 11.5 Å². The molecule has 1 rings (SSSR count). The molecule has 0 atom stereocenters. The Bertz CT molecular complexity index is 383. The van der Waals surface area contributed by atoms with Crippen LogP contribution in [-0.2, 0) is 0 Å². The minimum absolute atomic E-state index is 0.129. The number of aromatic nitrogens is 1. The molecule has 4 N–H and O–H groups in total. The molecule has 76 valence electrons. The Morgan fingerprint density at radius 1 is 1.50 bits per heavy atom. The summed E-state index contributed by atoms with van der Waals surface area (Å²) in [6.07, 6.45) is -2.92. The Morgan fingerprint density at radius 3 is 2.50 bits per heavy atom. The first-order valence-corrected chi connectivity index (χ1v) is 3.85. The summed E-state index contributed by atoms with van der Waals surface area (Å²) in [5.74, 6) is -0.129. The first-order valence-electron chi connectivity index (χ1n) is 3.47. The molecule has 14 heavy (non-hydrogen) atoms. The fraction of sp³-hybridized carbons (Fsp3) is 0.143. The number of nitrogens with zero attached hydrogens (tertiary/aromatic N) is 1. The van der Waals surface area contributed by atoms with Gasteiger partial charge in [0, 0.05) is 11.8 Å². The Morgan fingerprint density at radius 2 is 2.07 bits per heavy atom. The highest BCUT2D eigenvalue weighted by Gasteiger charge is 2.22. The van der Waals surface area contributed by atoms with E-state index in [4.69, 9.17) is 23.1 Å². The summed E-state index contributed by atoms with van der Waals surface area (Å²) < 4.78 is 24.8. The van der Waals surface area contributed by atoms with E-state index in [0.29, 0.717) is 0 Å². The summed E-state index contributed by atoms with van der Waals surface area (Å²) in [6.45, 7) is 0. The van der Waals surface area contributed by atoms with E-state index in [9.17, 15) is 13.6 Å². The highest BCUT2D eigenvalue weighted by molar-refractivity contribution is 6.67. The third-order valence-electron chi connectivity index (χ3n) is 1.51. The number of nitrogen functional groups attached to an aromatic ring is 2. The van der Waals surface area contributed by atoms with Gasteiger partial charge in [-0.25, -0.2) is 13.8 Å². The van der Waals surface area contributed by atoms with Crippen molar-refractivity contribution in [3.63, 3.8) is 0 Å². The summed E-state index contributed by atoms with van der Waals surface area (Å²) in [5.41, 5.74) is 8.90. The van der Waals surface area contributed by atoms with Gasteiger partial charge in [-0.1, -0.05) is 0 Å². The van der Waals surface area contributed by atoms with Crippen molar-refractivity contribution in [3.8, 4) is 0 Å². The zero-order chi connectivity index (χ0) is 10.9. The van der Waals surface area contributed by atoms with Crippen LogP contribution in [0.5, 0.6) is 0 Å². The molecule has 0 amide bonds. The second kappa shape index (κ2) is 3.75. The molecular formula is C7H6ClF2N3O. The van der Waals surface area contributed by atoms with Crippen LogP contribution in [0.15, 0.2) is 6.07 Å². The summed E-state index contributed by atoms with van der Waals surface area (Å²) >= 11 is 5.05. The van der Waals surface area contributed by atoms with Crippen LogP contribution in [0.2, 0.25) is 0 Å². The molecule has 1 heterocycles. The van der Waals surface area contributed by atoms with E-state index in [1.807, 2.05) is 0 Å². The zero-order valence-corrected chi connectivity index (χ0v) is 7.55. The standard InChI is InChI=1S/C7H6ClF2N3O/c8-6(14)5-4(7(9)10)2(11)1-3(12)13-5/h1,7H,(H4,11,12,13). The van der Waals surface area contributed by atoms with E-state index >= 15 is 0 Å². The first kappa shape index (κ1) is 10.6. The maximum Gasteiger partial charge on any atom is 0.271 e. The topological polar surface area (TPSA) is 82.0 Å². The molecule has 0 aliphatic carbocycles. The minimum Gasteiger partial charge on any atom is -0.398 e. The Kier molecular flexibility index (Phi) is 2.85. The number of alkyl halides is 2. The molecule has 0 saturated carbocycles. The predicted octanol–water partition coefficient (Wildman–Crippen LogP) is 1.56. The summed E-state index contributed by atoms with van der Waals surface area (Å²) in [7, 11) is 0. The first-order chi connectivity index (χ1) is 6.43. The maximum atomic E-state index is 12.4. The van der Waals surface area contributed by atoms with Crippen molar-refractivity contribution >= 4 is 28.3 Å². The second-order valence-corrected chi connectivity index (χ2v) is 2.82. The van der Waals surface area contributed by atoms with Crippen molar-refractivity contribution in [2.75, 3.05) is 11.5 Å². The number of carbonyl (C=O) groups excluding carboxylic acids is 1. The van der Waals surface area contributed by atoms with Gasteiger partial charge >= 0.3 is 0 Å². The molecule has 0 fully saturated rings. The lowest BCUT2D eigenvalue weighted by molar-refractivity contribution is 0.106. The van der Waals surface area contributed by atoms with Crippen LogP contribution in [0.4, 0.5) is 20.3 Å². The van der Waals surface area contributed by atoms with Crippen LogP contribution in [0.3, 0.4) is 0 Å². The van der Waals surface area contributed by atoms with Crippen LogP contribution in [0.25, 0.3) is 0 Å². The number of hydrogen-bond donors (Lipinski definition) is 2. The molecular weight excluding hydrogens is 216 g/mol. The highest BCUT2D eigenvalue weighted by Crippen LogP contribution is 2.29. The van der Waals surface area contributed by atoms with E-state index in [-0.39, 0.29) is 11.5 Å². The lowest BCUT2D eigenvalue weighted by Crippen LogP contribution is -2.08. The van der Waals surface area contributed by atoms with Crippen LogP contribution in [0.1, 0.15) is 22.5 Å². The molecule has 1 aromatic rings. The van der Waals surface area contributed by atoms with E-state index in [1.54, 1.807) is 0 Å². The summed E-state index contributed by atoms with van der Waals surface area (Å²) in [6, 6.07) is 1.05. The van der Waals surface area contributed by atoms with Gasteiger partial charge in [-0.3, -0.25) is 4.79 Å². The quantitative estimate of drug-likeness (QED) is 0.743. The lowest BCUT2D eigenvalue weighted by Gasteiger charge is -2.08. The van der Waals surface area contributed by atoms with Gasteiger partial charge in [-0.15, -0.1) is 0 Å². The van der Waals surface area contributed by atoms with Gasteiger partial charge in [0.25, 0.3) is 11.7 Å². The van der Waals surface area contributed by atoms with E-state index in [0.717, 1.165) is 6.07 Å². The van der Waals surface area contributed by atoms with Gasteiger partial charge in [0.1, 0.15) is 11.5 Å². The predicted molar refractivity (Wildman–Crippen MR) is 48.2 cm³/mol. The van der Waals surface area contributed by atoms with Crippen LogP contribution in [-0.4, -0.2) is 10.2 Å². The van der Waals surface area contributed by atoms with Crippen molar-refractivity contribution in [1.82, 2.24) is 4.98 Å². The Hall–Kier alpha value is -1.43. The third kappa shape index (κ3) is 1.90. The second-order valence-electron chi connectivity index (χ2n) is 2.47. The number of anilines is 2. The third-order valence-corrected chi connectivity index (χ3v) is 1.69. The average Bonchev–Trinajstić information content (AvgIpc) is 2.01. The monoisotopic (exact) mass is 221 g/mol. The van der Waals surface area contributed by atoms with Crippen molar-refractivity contribution in [2.45, 2.75) is 6.43 Å². The normalized spacial score (nSPS) is 10.6. The molecule has 0 aliphatic heterocycles. The Labute approximate surface area is 82.9 Å². The molecule has 4 nitrogen and oxygen atoms in total. The summed E-state index contributed by atoms with van der Waals surface area (Å²) in [4.78, 5) is 14.1. The van der Waals surface area contributed by atoms with Crippen molar-refractivity contribution < 1.29 is 13.6 Å². The van der Waals surface area contributed by atoms with Crippen molar-refractivity contribution in [1.29, 1.82) is 0 Å². The largest absolute Gasteiger partial charge is 0.398 e. The average molecular weight is 222 g/mol. The number of pyridine rings is 1.